The molecule has 2 N–H and O–H groups in total. The summed E-state index contributed by atoms with van der Waals surface area (Å²) in [5.74, 6) is 0.319. The zero-order valence-electron chi connectivity index (χ0n) is 14.9. The Balaban J connectivity index is 1.73. The summed E-state index contributed by atoms with van der Waals surface area (Å²) in [7, 11) is 2.99. The third kappa shape index (κ3) is 5.74. The molecule has 0 bridgehead atoms. The van der Waals surface area contributed by atoms with Crippen LogP contribution < -0.4 is 10.1 Å². The Labute approximate surface area is 148 Å². The molecule has 1 aromatic carbocycles. The molecule has 0 atom stereocenters. The molecule has 0 saturated heterocycles. The Morgan fingerprint density at radius 2 is 2.00 bits per heavy atom. The van der Waals surface area contributed by atoms with Gasteiger partial charge in [-0.2, -0.15) is 0 Å². The quantitative estimate of drug-likeness (QED) is 0.734. The number of esters is 1. The molecular formula is C19H27NO5. The van der Waals surface area contributed by atoms with Crippen molar-refractivity contribution in [1.29, 1.82) is 0 Å². The lowest BCUT2D eigenvalue weighted by molar-refractivity contribution is -0.148. The van der Waals surface area contributed by atoms with E-state index in [0.29, 0.717) is 38.5 Å². The average molecular weight is 349 g/mol. The molecule has 0 unspecified atom stereocenters. The second-order valence-corrected chi connectivity index (χ2v) is 6.65. The molecule has 25 heavy (non-hydrogen) atoms. The van der Waals surface area contributed by atoms with Crippen molar-refractivity contribution in [1.82, 2.24) is 5.32 Å². The molecule has 2 rings (SSSR count). The van der Waals surface area contributed by atoms with Gasteiger partial charge >= 0.3 is 5.97 Å². The largest absolute Gasteiger partial charge is 0.497 e. The lowest BCUT2D eigenvalue weighted by atomic mass is 9.79. The SMILES string of the molecule is COC(=O)C1CCC(O)(CNC(=O)CCc2cccc(OC)c2)CC1. The number of carbonyl (C=O) groups excluding carboxylic acids is 2. The fourth-order valence-electron chi connectivity index (χ4n) is 3.17. The molecule has 0 radical (unpaired) electrons. The summed E-state index contributed by atoms with van der Waals surface area (Å²) in [5.41, 5.74) is 0.0997. The first-order chi connectivity index (χ1) is 12.0. The summed E-state index contributed by atoms with van der Waals surface area (Å²) in [6.07, 6.45) is 3.12. The standard InChI is InChI=1S/C19H27NO5/c1-24-16-5-3-4-14(12-16)6-7-17(21)20-13-19(23)10-8-15(9-11-19)18(22)25-2/h3-5,12,15,23H,6-11,13H2,1-2H3,(H,20,21). The molecule has 0 spiro atoms. The van der Waals surface area contributed by atoms with E-state index in [9.17, 15) is 14.7 Å². The van der Waals surface area contributed by atoms with Crippen molar-refractivity contribution in [3.05, 3.63) is 29.8 Å². The summed E-state index contributed by atoms with van der Waals surface area (Å²) >= 11 is 0. The predicted octanol–water partition coefficient (Wildman–Crippen LogP) is 1.84. The van der Waals surface area contributed by atoms with Gasteiger partial charge in [0.25, 0.3) is 0 Å². The van der Waals surface area contributed by atoms with Gasteiger partial charge in [-0.25, -0.2) is 0 Å². The van der Waals surface area contributed by atoms with E-state index in [4.69, 9.17) is 9.47 Å². The van der Waals surface area contributed by atoms with Crippen LogP contribution >= 0.6 is 0 Å². The number of ether oxygens (including phenoxy) is 2. The predicted molar refractivity (Wildman–Crippen MR) is 93.2 cm³/mol. The lowest BCUT2D eigenvalue weighted by Gasteiger charge is -2.35. The van der Waals surface area contributed by atoms with Crippen LogP contribution in [0.3, 0.4) is 0 Å². The fraction of sp³-hybridized carbons (Fsp3) is 0.579. The average Bonchev–Trinajstić information content (AvgIpc) is 2.65. The van der Waals surface area contributed by atoms with Crippen LogP contribution in [-0.2, 0) is 20.7 Å². The molecule has 0 aromatic heterocycles. The van der Waals surface area contributed by atoms with Crippen molar-refractivity contribution in [2.24, 2.45) is 5.92 Å². The second kappa shape index (κ2) is 8.85. The minimum absolute atomic E-state index is 0.0914. The van der Waals surface area contributed by atoms with E-state index in [0.717, 1.165) is 11.3 Å². The first-order valence-corrected chi connectivity index (χ1v) is 8.65. The van der Waals surface area contributed by atoms with E-state index >= 15 is 0 Å². The third-order valence-electron chi connectivity index (χ3n) is 4.84. The Morgan fingerprint density at radius 3 is 2.64 bits per heavy atom. The first kappa shape index (κ1) is 19.2. The number of benzene rings is 1. The van der Waals surface area contributed by atoms with E-state index < -0.39 is 5.60 Å². The van der Waals surface area contributed by atoms with Gasteiger partial charge in [0.05, 0.1) is 25.7 Å². The van der Waals surface area contributed by atoms with Crippen LogP contribution in [0.5, 0.6) is 5.75 Å². The van der Waals surface area contributed by atoms with Crippen LogP contribution in [0.1, 0.15) is 37.7 Å². The molecule has 1 amide bonds. The highest BCUT2D eigenvalue weighted by atomic mass is 16.5. The van der Waals surface area contributed by atoms with E-state index in [-0.39, 0.29) is 24.3 Å². The second-order valence-electron chi connectivity index (χ2n) is 6.65. The van der Waals surface area contributed by atoms with Crippen LogP contribution in [0.15, 0.2) is 24.3 Å². The van der Waals surface area contributed by atoms with Crippen LogP contribution in [0.25, 0.3) is 0 Å². The third-order valence-corrected chi connectivity index (χ3v) is 4.84. The number of aryl methyl sites for hydroxylation is 1. The van der Waals surface area contributed by atoms with E-state index in [1.54, 1.807) is 7.11 Å². The van der Waals surface area contributed by atoms with Crippen molar-refractivity contribution >= 4 is 11.9 Å². The van der Waals surface area contributed by atoms with Gasteiger partial charge in [0.2, 0.25) is 5.91 Å². The zero-order valence-corrected chi connectivity index (χ0v) is 14.9. The molecule has 1 aliphatic rings. The van der Waals surface area contributed by atoms with Gasteiger partial charge in [-0.05, 0) is 49.8 Å². The van der Waals surface area contributed by atoms with Gasteiger partial charge in [-0.15, -0.1) is 0 Å². The minimum Gasteiger partial charge on any atom is -0.497 e. The number of amides is 1. The van der Waals surface area contributed by atoms with Crippen LogP contribution in [-0.4, -0.2) is 43.3 Å². The van der Waals surface area contributed by atoms with Crippen LogP contribution in [0.2, 0.25) is 0 Å². The number of hydrogen-bond acceptors (Lipinski definition) is 5. The van der Waals surface area contributed by atoms with Gasteiger partial charge in [-0.1, -0.05) is 12.1 Å². The number of methoxy groups -OCH3 is 2. The molecule has 138 valence electrons. The van der Waals surface area contributed by atoms with Crippen LogP contribution in [0, 0.1) is 5.92 Å². The molecule has 6 heteroatoms. The molecule has 6 nitrogen and oxygen atoms in total. The summed E-state index contributed by atoms with van der Waals surface area (Å²) in [6, 6.07) is 7.63. The fourth-order valence-corrected chi connectivity index (χ4v) is 3.17. The summed E-state index contributed by atoms with van der Waals surface area (Å²) in [6.45, 7) is 0.220. The smallest absolute Gasteiger partial charge is 0.308 e. The van der Waals surface area contributed by atoms with Crippen molar-refractivity contribution in [3.8, 4) is 5.75 Å². The van der Waals surface area contributed by atoms with E-state index in [1.807, 2.05) is 24.3 Å². The molecule has 1 aliphatic carbocycles. The summed E-state index contributed by atoms with van der Waals surface area (Å²) in [5, 5.41) is 13.4. The lowest BCUT2D eigenvalue weighted by Crippen LogP contribution is -2.46. The maximum absolute atomic E-state index is 12.0. The molecule has 0 aliphatic heterocycles. The zero-order chi connectivity index (χ0) is 18.3. The highest BCUT2D eigenvalue weighted by Crippen LogP contribution is 2.32. The first-order valence-electron chi connectivity index (χ1n) is 8.65. The normalized spacial score (nSPS) is 22.9. The highest BCUT2D eigenvalue weighted by Gasteiger charge is 2.36. The molecule has 1 saturated carbocycles. The monoisotopic (exact) mass is 349 g/mol. The minimum atomic E-state index is -0.934. The van der Waals surface area contributed by atoms with Crippen molar-refractivity contribution < 1.29 is 24.2 Å². The Bertz CT molecular complexity index is 593. The maximum atomic E-state index is 12.0. The molecule has 0 heterocycles. The summed E-state index contributed by atoms with van der Waals surface area (Å²) < 4.78 is 9.92. The summed E-state index contributed by atoms with van der Waals surface area (Å²) in [4.78, 5) is 23.6. The van der Waals surface area contributed by atoms with Gasteiger partial charge in [0.1, 0.15) is 5.75 Å². The Morgan fingerprint density at radius 1 is 1.28 bits per heavy atom. The van der Waals surface area contributed by atoms with E-state index in [2.05, 4.69) is 5.32 Å². The number of rotatable bonds is 7. The van der Waals surface area contributed by atoms with Crippen molar-refractivity contribution in [2.75, 3.05) is 20.8 Å². The van der Waals surface area contributed by atoms with E-state index in [1.165, 1.54) is 7.11 Å². The van der Waals surface area contributed by atoms with Gasteiger partial charge in [0.15, 0.2) is 0 Å². The molecule has 1 fully saturated rings. The number of nitrogens with one attached hydrogen (secondary N) is 1. The number of carbonyl (C=O) groups is 2. The van der Waals surface area contributed by atoms with Crippen molar-refractivity contribution in [3.63, 3.8) is 0 Å². The maximum Gasteiger partial charge on any atom is 0.308 e. The van der Waals surface area contributed by atoms with Gasteiger partial charge in [-0.3, -0.25) is 9.59 Å². The van der Waals surface area contributed by atoms with Crippen LogP contribution in [0.4, 0.5) is 0 Å². The molecule has 1 aromatic rings. The van der Waals surface area contributed by atoms with Gasteiger partial charge < -0.3 is 19.9 Å². The number of aliphatic hydroxyl groups is 1. The Kier molecular flexibility index (Phi) is 6.82. The Hall–Kier alpha value is -2.08. The van der Waals surface area contributed by atoms with Crippen molar-refractivity contribution in [2.45, 2.75) is 44.1 Å². The van der Waals surface area contributed by atoms with Gasteiger partial charge in [0, 0.05) is 13.0 Å². The topological polar surface area (TPSA) is 84.9 Å². The highest BCUT2D eigenvalue weighted by molar-refractivity contribution is 5.76. The number of hydrogen-bond donors (Lipinski definition) is 2. The molecular weight excluding hydrogens is 322 g/mol.